The van der Waals surface area contributed by atoms with Gasteiger partial charge in [0, 0.05) is 16.8 Å². The van der Waals surface area contributed by atoms with E-state index in [0.29, 0.717) is 38.3 Å². The zero-order valence-corrected chi connectivity index (χ0v) is 12.6. The predicted molar refractivity (Wildman–Crippen MR) is 88.9 cm³/mol. The van der Waals surface area contributed by atoms with Crippen molar-refractivity contribution < 1.29 is 4.79 Å². The number of para-hydroxylation sites is 1. The minimum absolute atomic E-state index is 0.270. The van der Waals surface area contributed by atoms with Crippen LogP contribution in [0.15, 0.2) is 42.1 Å². The highest BCUT2D eigenvalue weighted by Crippen LogP contribution is 2.41. The molecular weight excluding hydrogens is 321 g/mol. The van der Waals surface area contributed by atoms with E-state index in [1.165, 1.54) is 0 Å². The third-order valence-electron chi connectivity index (χ3n) is 3.76. The van der Waals surface area contributed by atoms with E-state index in [1.807, 2.05) is 24.3 Å². The Morgan fingerprint density at radius 1 is 0.909 bits per heavy atom. The van der Waals surface area contributed by atoms with Crippen molar-refractivity contribution in [2.24, 2.45) is 0 Å². The Hall–Kier alpha value is -2.30. The minimum Gasteiger partial charge on any atom is -0.353 e. The van der Waals surface area contributed by atoms with Crippen LogP contribution in [0.1, 0.15) is 11.1 Å². The maximum Gasteiger partial charge on any atom is 0.258 e. The highest BCUT2D eigenvalue weighted by Gasteiger charge is 2.33. The molecule has 0 atom stereocenters. The first-order valence-corrected chi connectivity index (χ1v) is 7.32. The van der Waals surface area contributed by atoms with Gasteiger partial charge < -0.3 is 10.6 Å². The molecule has 0 radical (unpaired) electrons. The molecular formula is C16H9Cl2N3O. The number of halogens is 2. The van der Waals surface area contributed by atoms with Crippen molar-refractivity contribution in [2.75, 3.05) is 10.6 Å². The first kappa shape index (κ1) is 13.4. The van der Waals surface area contributed by atoms with E-state index in [0.717, 1.165) is 11.3 Å². The van der Waals surface area contributed by atoms with Crippen molar-refractivity contribution in [2.45, 2.75) is 0 Å². The van der Waals surface area contributed by atoms with Gasteiger partial charge >= 0.3 is 0 Å². The molecule has 2 aromatic rings. The zero-order chi connectivity index (χ0) is 15.4. The van der Waals surface area contributed by atoms with Crippen LogP contribution in [0.4, 0.5) is 11.4 Å². The average molecular weight is 330 g/mol. The Balaban J connectivity index is 1.94. The Labute approximate surface area is 136 Å². The fraction of sp³-hybridized carbons (Fsp3) is 0. The van der Waals surface area contributed by atoms with Crippen LogP contribution in [0, 0.1) is 5.41 Å². The van der Waals surface area contributed by atoms with E-state index in [4.69, 9.17) is 28.6 Å². The molecule has 0 unspecified atom stereocenters. The number of amides is 1. The lowest BCUT2D eigenvalue weighted by Gasteiger charge is -2.06. The van der Waals surface area contributed by atoms with Gasteiger partial charge in [0.1, 0.15) is 0 Å². The number of rotatable bonds is 0. The van der Waals surface area contributed by atoms with E-state index in [9.17, 15) is 4.79 Å². The maximum atomic E-state index is 12.3. The molecule has 0 bridgehead atoms. The van der Waals surface area contributed by atoms with Gasteiger partial charge in [-0.1, -0.05) is 41.4 Å². The summed E-state index contributed by atoms with van der Waals surface area (Å²) in [5, 5.41) is 15.0. The van der Waals surface area contributed by atoms with E-state index >= 15 is 0 Å². The third kappa shape index (κ3) is 1.78. The fourth-order valence-electron chi connectivity index (χ4n) is 2.74. The summed E-state index contributed by atoms with van der Waals surface area (Å²) in [5.41, 5.74) is 4.03. The minimum atomic E-state index is -0.270. The van der Waals surface area contributed by atoms with Gasteiger partial charge in [-0.25, -0.2) is 0 Å². The summed E-state index contributed by atoms with van der Waals surface area (Å²) in [6.45, 7) is 0. The van der Waals surface area contributed by atoms with Crippen LogP contribution in [0.5, 0.6) is 0 Å². The number of anilines is 2. The summed E-state index contributed by atoms with van der Waals surface area (Å²) in [5.74, 6) is -0.270. The van der Waals surface area contributed by atoms with Gasteiger partial charge in [-0.3, -0.25) is 10.2 Å². The van der Waals surface area contributed by atoms with Crippen molar-refractivity contribution in [3.8, 4) is 0 Å². The summed E-state index contributed by atoms with van der Waals surface area (Å²) in [6.07, 6.45) is 0. The Morgan fingerprint density at radius 3 is 2.41 bits per heavy atom. The van der Waals surface area contributed by atoms with Gasteiger partial charge in [-0.2, -0.15) is 0 Å². The lowest BCUT2D eigenvalue weighted by atomic mass is 10.0. The normalized spacial score (nSPS) is 18.8. The number of nitrogens with one attached hydrogen (secondary N) is 3. The molecule has 1 amide bonds. The molecule has 4 rings (SSSR count). The molecule has 0 saturated heterocycles. The molecule has 2 aliphatic rings. The van der Waals surface area contributed by atoms with Crippen LogP contribution in [0.25, 0.3) is 5.57 Å². The first-order valence-electron chi connectivity index (χ1n) is 6.56. The molecule has 0 spiro atoms. The van der Waals surface area contributed by atoms with Gasteiger partial charge in [0.15, 0.2) is 0 Å². The zero-order valence-electron chi connectivity index (χ0n) is 11.1. The number of carbonyl (C=O) groups excluding carboxylic acids is 1. The summed E-state index contributed by atoms with van der Waals surface area (Å²) in [7, 11) is 0. The second-order valence-corrected chi connectivity index (χ2v) is 5.88. The Morgan fingerprint density at radius 2 is 1.64 bits per heavy atom. The van der Waals surface area contributed by atoms with Crippen molar-refractivity contribution in [1.82, 2.24) is 0 Å². The smallest absolute Gasteiger partial charge is 0.258 e. The summed E-state index contributed by atoms with van der Waals surface area (Å²) in [4.78, 5) is 12.3. The number of fused-ring (bicyclic) bond motifs is 2. The molecule has 0 saturated carbocycles. The van der Waals surface area contributed by atoms with Crippen LogP contribution in [-0.2, 0) is 4.79 Å². The number of hydrogen-bond donors (Lipinski definition) is 3. The van der Waals surface area contributed by atoms with Crippen LogP contribution >= 0.6 is 23.2 Å². The first-order chi connectivity index (χ1) is 10.6. The summed E-state index contributed by atoms with van der Waals surface area (Å²) in [6, 6.07) is 10.7. The monoisotopic (exact) mass is 329 g/mol. The van der Waals surface area contributed by atoms with Gasteiger partial charge in [0.2, 0.25) is 0 Å². The van der Waals surface area contributed by atoms with Gasteiger partial charge in [0.05, 0.1) is 32.7 Å². The van der Waals surface area contributed by atoms with Gasteiger partial charge in [-0.15, -0.1) is 0 Å². The molecule has 22 heavy (non-hydrogen) atoms. The van der Waals surface area contributed by atoms with Crippen molar-refractivity contribution in [3.05, 3.63) is 63.3 Å². The molecule has 0 aromatic heterocycles. The molecule has 2 aliphatic heterocycles. The summed E-state index contributed by atoms with van der Waals surface area (Å²) >= 11 is 12.1. The lowest BCUT2D eigenvalue weighted by Crippen LogP contribution is -2.11. The molecule has 2 aromatic carbocycles. The highest BCUT2D eigenvalue weighted by molar-refractivity contribution is 6.44. The molecule has 3 N–H and O–H groups in total. The van der Waals surface area contributed by atoms with Crippen LogP contribution < -0.4 is 10.6 Å². The van der Waals surface area contributed by atoms with Crippen molar-refractivity contribution >= 4 is 51.8 Å². The maximum absolute atomic E-state index is 12.3. The Kier molecular flexibility index (Phi) is 2.79. The predicted octanol–water partition coefficient (Wildman–Crippen LogP) is 4.15. The quantitative estimate of drug-likeness (QED) is 0.635. The van der Waals surface area contributed by atoms with Crippen molar-refractivity contribution in [1.29, 1.82) is 5.41 Å². The fourth-order valence-corrected chi connectivity index (χ4v) is 3.07. The molecule has 4 nitrogen and oxygen atoms in total. The van der Waals surface area contributed by atoms with Crippen LogP contribution in [-0.4, -0.2) is 11.6 Å². The number of benzene rings is 2. The number of allylic oxidation sites excluding steroid dienone is 1. The standard InChI is InChI=1S/C16H9Cl2N3O/c17-9-5-8-12(6-10(9)18)21-16(22)13(8)15-14(19)7-3-1-2-4-11(7)20-15/h1-6,19-20H,(H,21,22)/b15-13-,19-14?. The van der Waals surface area contributed by atoms with Crippen LogP contribution in [0.2, 0.25) is 10.0 Å². The second kappa shape index (κ2) is 4.60. The van der Waals surface area contributed by atoms with Crippen LogP contribution in [0.3, 0.4) is 0 Å². The third-order valence-corrected chi connectivity index (χ3v) is 4.48. The Bertz CT molecular complexity index is 902. The number of hydrogen-bond acceptors (Lipinski definition) is 3. The largest absolute Gasteiger partial charge is 0.353 e. The molecule has 0 fully saturated rings. The van der Waals surface area contributed by atoms with Gasteiger partial charge in [0.25, 0.3) is 5.91 Å². The summed E-state index contributed by atoms with van der Waals surface area (Å²) < 4.78 is 0. The van der Waals surface area contributed by atoms with E-state index in [2.05, 4.69) is 10.6 Å². The molecule has 6 heteroatoms. The number of carbonyl (C=O) groups is 1. The van der Waals surface area contributed by atoms with E-state index in [1.54, 1.807) is 12.1 Å². The molecule has 108 valence electrons. The topological polar surface area (TPSA) is 65.0 Å². The lowest BCUT2D eigenvalue weighted by molar-refractivity contribution is -0.110. The van der Waals surface area contributed by atoms with E-state index in [-0.39, 0.29) is 5.91 Å². The molecule has 0 aliphatic carbocycles. The SMILES string of the molecule is N=C1/C(=C2/C(=O)Nc3cc(Cl)c(Cl)cc32)Nc2ccccc21. The van der Waals surface area contributed by atoms with Crippen molar-refractivity contribution in [3.63, 3.8) is 0 Å². The highest BCUT2D eigenvalue weighted by atomic mass is 35.5. The van der Waals surface area contributed by atoms with Gasteiger partial charge in [-0.05, 0) is 18.2 Å². The molecule has 2 heterocycles. The average Bonchev–Trinajstić information content (AvgIpc) is 2.97. The van der Waals surface area contributed by atoms with E-state index < -0.39 is 0 Å². The second-order valence-electron chi connectivity index (χ2n) is 5.06.